The summed E-state index contributed by atoms with van der Waals surface area (Å²) in [4.78, 5) is 0. The van der Waals surface area contributed by atoms with Crippen LogP contribution in [-0.2, 0) is 6.54 Å². The van der Waals surface area contributed by atoms with Gasteiger partial charge >= 0.3 is 0 Å². The quantitative estimate of drug-likeness (QED) is 0.705. The Hall–Kier alpha value is -1.22. The van der Waals surface area contributed by atoms with Gasteiger partial charge in [-0.15, -0.1) is 0 Å². The summed E-state index contributed by atoms with van der Waals surface area (Å²) in [5.74, 6) is 1.64. The van der Waals surface area contributed by atoms with Gasteiger partial charge in [-0.3, -0.25) is 0 Å². The predicted octanol–water partition coefficient (Wildman–Crippen LogP) is 1.22. The average molecular weight is 179 g/mol. The van der Waals surface area contributed by atoms with Gasteiger partial charge in [0.05, 0.1) is 0 Å². The second-order valence-electron chi connectivity index (χ2n) is 3.09. The lowest BCUT2D eigenvalue weighted by Gasteiger charge is -2.21. The first-order valence-corrected chi connectivity index (χ1v) is 4.41. The molecule has 0 amide bonds. The lowest BCUT2D eigenvalue weighted by molar-refractivity contribution is 0.170. The maximum absolute atomic E-state index is 5.64. The van der Waals surface area contributed by atoms with Gasteiger partial charge in [-0.2, -0.15) is 0 Å². The van der Waals surface area contributed by atoms with Gasteiger partial charge in [0.1, 0.15) is 13.2 Å². The summed E-state index contributed by atoms with van der Waals surface area (Å²) in [5.41, 5.74) is 7.85. The number of hydrogen-bond donors (Lipinski definition) is 1. The molecule has 0 radical (unpaired) electrons. The Morgan fingerprint density at radius 3 is 2.85 bits per heavy atom. The molecular formula is C10H13NO2. The van der Waals surface area contributed by atoms with Gasteiger partial charge in [-0.05, 0) is 18.6 Å². The molecule has 1 heterocycles. The van der Waals surface area contributed by atoms with E-state index in [4.69, 9.17) is 15.2 Å². The van der Waals surface area contributed by atoms with E-state index in [1.807, 2.05) is 19.1 Å². The van der Waals surface area contributed by atoms with E-state index in [-0.39, 0.29) is 0 Å². The maximum Gasteiger partial charge on any atom is 0.166 e. The van der Waals surface area contributed by atoms with Crippen molar-refractivity contribution in [3.8, 4) is 11.5 Å². The van der Waals surface area contributed by atoms with E-state index < -0.39 is 0 Å². The first-order chi connectivity index (χ1) is 6.33. The fourth-order valence-electron chi connectivity index (χ4n) is 1.53. The minimum Gasteiger partial charge on any atom is -0.486 e. The van der Waals surface area contributed by atoms with Crippen LogP contribution in [-0.4, -0.2) is 13.2 Å². The Kier molecular flexibility index (Phi) is 2.10. The van der Waals surface area contributed by atoms with Gasteiger partial charge < -0.3 is 15.2 Å². The van der Waals surface area contributed by atoms with Gasteiger partial charge in [-0.25, -0.2) is 0 Å². The van der Waals surface area contributed by atoms with Crippen molar-refractivity contribution in [2.75, 3.05) is 13.2 Å². The van der Waals surface area contributed by atoms with Crippen molar-refractivity contribution in [1.82, 2.24) is 0 Å². The van der Waals surface area contributed by atoms with Crippen LogP contribution in [0.3, 0.4) is 0 Å². The second-order valence-corrected chi connectivity index (χ2v) is 3.09. The minimum atomic E-state index is 0.498. The van der Waals surface area contributed by atoms with Crippen LogP contribution >= 0.6 is 0 Å². The molecule has 0 bridgehead atoms. The fourth-order valence-corrected chi connectivity index (χ4v) is 1.53. The summed E-state index contributed by atoms with van der Waals surface area (Å²) >= 11 is 0. The topological polar surface area (TPSA) is 44.5 Å². The number of nitrogens with two attached hydrogens (primary N) is 1. The number of rotatable bonds is 1. The molecule has 13 heavy (non-hydrogen) atoms. The smallest absolute Gasteiger partial charge is 0.166 e. The zero-order chi connectivity index (χ0) is 9.26. The summed E-state index contributed by atoms with van der Waals surface area (Å²) in [5, 5.41) is 0. The molecule has 1 aromatic rings. The highest BCUT2D eigenvalue weighted by atomic mass is 16.6. The molecule has 2 N–H and O–H groups in total. The van der Waals surface area contributed by atoms with Gasteiger partial charge in [0.25, 0.3) is 0 Å². The zero-order valence-corrected chi connectivity index (χ0v) is 7.67. The van der Waals surface area contributed by atoms with E-state index in [9.17, 15) is 0 Å². The van der Waals surface area contributed by atoms with Crippen LogP contribution in [0.2, 0.25) is 0 Å². The van der Waals surface area contributed by atoms with E-state index in [1.165, 1.54) is 0 Å². The molecule has 0 unspecified atom stereocenters. The number of ether oxygens (including phenoxy) is 2. The Morgan fingerprint density at radius 1 is 1.31 bits per heavy atom. The molecule has 0 atom stereocenters. The minimum absolute atomic E-state index is 0.498. The van der Waals surface area contributed by atoms with E-state index in [0.29, 0.717) is 19.8 Å². The predicted molar refractivity (Wildman–Crippen MR) is 50.1 cm³/mol. The van der Waals surface area contributed by atoms with Crippen molar-refractivity contribution in [3.63, 3.8) is 0 Å². The van der Waals surface area contributed by atoms with Crippen molar-refractivity contribution in [2.24, 2.45) is 5.73 Å². The lowest BCUT2D eigenvalue weighted by Crippen LogP contribution is -2.17. The molecule has 0 aromatic heterocycles. The van der Waals surface area contributed by atoms with E-state index in [0.717, 1.165) is 22.6 Å². The van der Waals surface area contributed by atoms with Crippen molar-refractivity contribution in [3.05, 3.63) is 23.3 Å². The van der Waals surface area contributed by atoms with Crippen LogP contribution in [0.1, 0.15) is 11.1 Å². The summed E-state index contributed by atoms with van der Waals surface area (Å²) < 4.78 is 11.0. The Morgan fingerprint density at radius 2 is 2.08 bits per heavy atom. The van der Waals surface area contributed by atoms with Crippen molar-refractivity contribution in [1.29, 1.82) is 0 Å². The first-order valence-electron chi connectivity index (χ1n) is 4.41. The van der Waals surface area contributed by atoms with Gasteiger partial charge in [-0.1, -0.05) is 6.07 Å². The molecule has 3 heteroatoms. The first kappa shape index (κ1) is 8.38. The number of hydrogen-bond acceptors (Lipinski definition) is 3. The van der Waals surface area contributed by atoms with E-state index >= 15 is 0 Å². The standard InChI is InChI=1S/C10H13NO2/c1-7-2-3-9-10(8(7)6-11)13-5-4-12-9/h2-3H,4-6,11H2,1H3. The van der Waals surface area contributed by atoms with Crippen LogP contribution in [0.15, 0.2) is 12.1 Å². The Labute approximate surface area is 77.5 Å². The van der Waals surface area contributed by atoms with Crippen LogP contribution in [0.4, 0.5) is 0 Å². The number of benzene rings is 1. The highest BCUT2D eigenvalue weighted by Crippen LogP contribution is 2.35. The third-order valence-electron chi connectivity index (χ3n) is 2.25. The molecule has 1 aromatic carbocycles. The highest BCUT2D eigenvalue weighted by molar-refractivity contribution is 5.51. The molecule has 0 spiro atoms. The highest BCUT2D eigenvalue weighted by Gasteiger charge is 2.16. The molecule has 0 aliphatic carbocycles. The Bertz CT molecular complexity index is 323. The fraction of sp³-hybridized carbons (Fsp3) is 0.400. The average Bonchev–Trinajstić information content (AvgIpc) is 2.18. The van der Waals surface area contributed by atoms with E-state index in [1.54, 1.807) is 0 Å². The van der Waals surface area contributed by atoms with Crippen LogP contribution in [0, 0.1) is 6.92 Å². The third-order valence-corrected chi connectivity index (χ3v) is 2.25. The zero-order valence-electron chi connectivity index (χ0n) is 7.67. The van der Waals surface area contributed by atoms with Crippen LogP contribution in [0.5, 0.6) is 11.5 Å². The molecular weight excluding hydrogens is 166 g/mol. The summed E-state index contributed by atoms with van der Waals surface area (Å²) in [6.07, 6.45) is 0. The summed E-state index contributed by atoms with van der Waals surface area (Å²) in [6.45, 7) is 3.77. The molecule has 1 aliphatic heterocycles. The Balaban J connectivity index is 2.52. The van der Waals surface area contributed by atoms with Gasteiger partial charge in [0.15, 0.2) is 11.5 Å². The lowest BCUT2D eigenvalue weighted by atomic mass is 10.1. The molecule has 3 nitrogen and oxygen atoms in total. The van der Waals surface area contributed by atoms with Gasteiger partial charge in [0.2, 0.25) is 0 Å². The molecule has 1 aliphatic rings. The van der Waals surface area contributed by atoms with Crippen LogP contribution in [0.25, 0.3) is 0 Å². The van der Waals surface area contributed by atoms with Crippen LogP contribution < -0.4 is 15.2 Å². The molecule has 0 saturated heterocycles. The summed E-state index contributed by atoms with van der Waals surface area (Å²) in [7, 11) is 0. The van der Waals surface area contributed by atoms with Crippen molar-refractivity contribution >= 4 is 0 Å². The monoisotopic (exact) mass is 179 g/mol. The molecule has 70 valence electrons. The van der Waals surface area contributed by atoms with E-state index in [2.05, 4.69) is 0 Å². The largest absolute Gasteiger partial charge is 0.486 e. The number of fused-ring (bicyclic) bond motifs is 1. The SMILES string of the molecule is Cc1ccc2c(c1CN)OCCO2. The molecule has 2 rings (SSSR count). The van der Waals surface area contributed by atoms with Crippen molar-refractivity contribution < 1.29 is 9.47 Å². The third kappa shape index (κ3) is 1.35. The number of aryl methyl sites for hydroxylation is 1. The molecule has 0 fully saturated rings. The second kappa shape index (κ2) is 3.26. The van der Waals surface area contributed by atoms with Crippen molar-refractivity contribution in [2.45, 2.75) is 13.5 Å². The normalized spacial score (nSPS) is 14.3. The molecule has 0 saturated carbocycles. The maximum atomic E-state index is 5.64. The van der Waals surface area contributed by atoms with Gasteiger partial charge in [0, 0.05) is 12.1 Å². The summed E-state index contributed by atoms with van der Waals surface area (Å²) in [6, 6.07) is 3.94.